The summed E-state index contributed by atoms with van der Waals surface area (Å²) in [6, 6.07) is -1.94. The van der Waals surface area contributed by atoms with Gasteiger partial charge in [-0.05, 0) is 13.8 Å². The van der Waals surface area contributed by atoms with E-state index in [1.807, 2.05) is 0 Å². The lowest BCUT2D eigenvalue weighted by atomic mass is 10.0. The van der Waals surface area contributed by atoms with E-state index in [1.54, 1.807) is 0 Å². The third kappa shape index (κ3) is 3.33. The van der Waals surface area contributed by atoms with Crippen molar-refractivity contribution in [3.05, 3.63) is 24.3 Å². The molecule has 0 bridgehead atoms. The maximum Gasteiger partial charge on any atom is 0.414 e. The lowest BCUT2D eigenvalue weighted by Crippen LogP contribution is -2.52. The lowest BCUT2D eigenvalue weighted by molar-refractivity contribution is -0.128. The van der Waals surface area contributed by atoms with Crippen molar-refractivity contribution < 1.29 is 38.9 Å². The van der Waals surface area contributed by atoms with Crippen LogP contribution >= 0.6 is 0 Å². The van der Waals surface area contributed by atoms with Gasteiger partial charge in [-0.3, -0.25) is 9.59 Å². The van der Waals surface area contributed by atoms with Gasteiger partial charge in [0.05, 0.1) is 25.3 Å². The van der Waals surface area contributed by atoms with Crippen LogP contribution in [0.4, 0.5) is 9.59 Å². The van der Waals surface area contributed by atoms with Crippen LogP contribution in [-0.4, -0.2) is 81.5 Å². The molecule has 2 heterocycles. The summed E-state index contributed by atoms with van der Waals surface area (Å²) in [7, 11) is 0. The van der Waals surface area contributed by atoms with E-state index >= 15 is 0 Å². The van der Waals surface area contributed by atoms with E-state index in [0.717, 1.165) is 0 Å². The van der Waals surface area contributed by atoms with E-state index in [1.165, 1.54) is 13.8 Å². The molecule has 0 saturated carbocycles. The molecule has 0 spiro atoms. The summed E-state index contributed by atoms with van der Waals surface area (Å²) in [4.78, 5) is 48.5. The van der Waals surface area contributed by atoms with E-state index in [0.29, 0.717) is 9.80 Å². The van der Waals surface area contributed by atoms with Gasteiger partial charge in [-0.2, -0.15) is 0 Å². The second-order valence-electron chi connectivity index (χ2n) is 6.21. The number of amides is 4. The van der Waals surface area contributed by atoms with Gasteiger partial charge in [0.25, 0.3) is 11.8 Å². The molecule has 142 valence electrons. The lowest BCUT2D eigenvalue weighted by Gasteiger charge is -2.27. The second-order valence-corrected chi connectivity index (χ2v) is 6.21. The van der Waals surface area contributed by atoms with Crippen LogP contribution in [0.25, 0.3) is 0 Å². The highest BCUT2D eigenvalue weighted by Gasteiger charge is 2.55. The first-order valence-corrected chi connectivity index (χ1v) is 7.75. The van der Waals surface area contributed by atoms with Crippen LogP contribution in [0.1, 0.15) is 13.8 Å². The van der Waals surface area contributed by atoms with Gasteiger partial charge in [0.1, 0.15) is 12.2 Å². The molecule has 0 unspecified atom stereocenters. The van der Waals surface area contributed by atoms with Crippen molar-refractivity contribution in [3.8, 4) is 0 Å². The van der Waals surface area contributed by atoms with Gasteiger partial charge in [-0.15, -0.1) is 0 Å². The molecule has 2 saturated heterocycles. The second kappa shape index (κ2) is 7.26. The monoisotopic (exact) mass is 368 g/mol. The molecule has 0 aliphatic carbocycles. The number of carbonyl (C=O) groups excluding carboxylic acids is 2. The molecule has 10 heteroatoms. The Kier molecular flexibility index (Phi) is 5.47. The molecule has 0 aromatic rings. The number of ether oxygens (including phenoxy) is 2. The van der Waals surface area contributed by atoms with E-state index in [4.69, 9.17) is 9.47 Å². The van der Waals surface area contributed by atoms with Gasteiger partial charge in [0.15, 0.2) is 0 Å². The van der Waals surface area contributed by atoms with Crippen LogP contribution in [0.2, 0.25) is 0 Å². The zero-order valence-electron chi connectivity index (χ0n) is 14.4. The molecule has 0 aromatic carbocycles. The number of carbonyl (C=O) groups is 4. The van der Waals surface area contributed by atoms with Crippen LogP contribution in [0.5, 0.6) is 0 Å². The molecule has 2 fully saturated rings. The van der Waals surface area contributed by atoms with Crippen molar-refractivity contribution in [2.75, 3.05) is 13.2 Å². The Hall–Kier alpha value is -2.72. The smallest absolute Gasteiger partial charge is 0.414 e. The first-order chi connectivity index (χ1) is 12.1. The average molecular weight is 368 g/mol. The maximum atomic E-state index is 12.1. The fourth-order valence-corrected chi connectivity index (χ4v) is 3.07. The van der Waals surface area contributed by atoms with E-state index < -0.39 is 48.3 Å². The fraction of sp³-hybridized carbons (Fsp3) is 0.500. The van der Waals surface area contributed by atoms with Gasteiger partial charge in [0.2, 0.25) is 0 Å². The summed E-state index contributed by atoms with van der Waals surface area (Å²) in [5.41, 5.74) is 0.0463. The predicted molar refractivity (Wildman–Crippen MR) is 86.4 cm³/mol. The topological polar surface area (TPSA) is 134 Å². The van der Waals surface area contributed by atoms with Crippen molar-refractivity contribution >= 4 is 24.0 Å². The Bertz CT molecular complexity index is 630. The normalized spacial score (nSPS) is 26.7. The Balaban J connectivity index is 2.27. The summed E-state index contributed by atoms with van der Waals surface area (Å²) >= 11 is 0. The molecule has 0 aromatic heterocycles. The summed E-state index contributed by atoms with van der Waals surface area (Å²) in [6.07, 6.45) is -4.77. The molecule has 4 atom stereocenters. The molecular weight excluding hydrogens is 348 g/mol. The average Bonchev–Trinajstić information content (AvgIpc) is 3.10. The molecule has 0 radical (unpaired) electrons. The SMILES string of the molecule is C=C(C)C(=O)N(C(=O)O)[C@@H]1CO[C@H]2[C@@H]1OC[C@@H]2N(C(=O)O)C(=O)C(=C)C. The molecule has 26 heavy (non-hydrogen) atoms. The number of nitrogens with zero attached hydrogens (tertiary/aromatic N) is 2. The molecule has 10 nitrogen and oxygen atoms in total. The number of imide groups is 2. The van der Waals surface area contributed by atoms with Crippen LogP contribution in [0, 0.1) is 0 Å². The zero-order chi connectivity index (χ0) is 19.8. The fourth-order valence-electron chi connectivity index (χ4n) is 3.07. The minimum Gasteiger partial charge on any atom is -0.465 e. The van der Waals surface area contributed by atoms with Gasteiger partial charge in [-0.1, -0.05) is 13.2 Å². The molecule has 2 aliphatic rings. The largest absolute Gasteiger partial charge is 0.465 e. The Morgan fingerprint density at radius 2 is 1.12 bits per heavy atom. The van der Waals surface area contributed by atoms with Crippen molar-refractivity contribution in [2.24, 2.45) is 0 Å². The Labute approximate surface area is 149 Å². The van der Waals surface area contributed by atoms with Crippen LogP contribution in [0.15, 0.2) is 24.3 Å². The van der Waals surface area contributed by atoms with Crippen molar-refractivity contribution in [1.82, 2.24) is 9.80 Å². The molecular formula is C16H20N2O8. The minimum atomic E-state index is -1.49. The van der Waals surface area contributed by atoms with Crippen molar-refractivity contribution in [3.63, 3.8) is 0 Å². The third-order valence-corrected chi connectivity index (χ3v) is 4.24. The minimum absolute atomic E-state index is 0.0232. The van der Waals surface area contributed by atoms with Gasteiger partial charge in [0, 0.05) is 11.1 Å². The standard InChI is InChI=1S/C16H20N2O8/c1-7(2)13(19)17(15(21)22)9-5-25-12-10(6-26-11(9)12)18(16(23)24)14(20)8(3)4/h9-12H,1,3,5-6H2,2,4H3,(H,21,22)(H,23,24)/t9-,10+,11-,12-/m1/s1. The predicted octanol–water partition coefficient (Wildman–Crippen LogP) is 0.687. The van der Waals surface area contributed by atoms with Gasteiger partial charge < -0.3 is 19.7 Å². The molecule has 2 N–H and O–H groups in total. The van der Waals surface area contributed by atoms with Gasteiger partial charge >= 0.3 is 12.2 Å². The summed E-state index contributed by atoms with van der Waals surface area (Å²) < 4.78 is 11.1. The van der Waals surface area contributed by atoms with Crippen LogP contribution in [-0.2, 0) is 19.1 Å². The summed E-state index contributed by atoms with van der Waals surface area (Å²) in [6.45, 7) is 9.30. The highest BCUT2D eigenvalue weighted by atomic mass is 16.6. The number of hydrogen-bond donors (Lipinski definition) is 2. The first-order valence-electron chi connectivity index (χ1n) is 7.75. The quantitative estimate of drug-likeness (QED) is 0.692. The van der Waals surface area contributed by atoms with E-state index in [9.17, 15) is 29.4 Å². The number of hydrogen-bond acceptors (Lipinski definition) is 6. The first kappa shape index (κ1) is 19.6. The molecule has 4 amide bonds. The summed E-state index contributed by atoms with van der Waals surface area (Å²) in [5.74, 6) is -1.60. The zero-order valence-corrected chi connectivity index (χ0v) is 14.4. The van der Waals surface area contributed by atoms with Crippen LogP contribution in [0.3, 0.4) is 0 Å². The third-order valence-electron chi connectivity index (χ3n) is 4.24. The van der Waals surface area contributed by atoms with Crippen molar-refractivity contribution in [2.45, 2.75) is 38.1 Å². The van der Waals surface area contributed by atoms with Gasteiger partial charge in [-0.25, -0.2) is 19.4 Å². The number of rotatable bonds is 4. The Morgan fingerprint density at radius 3 is 1.35 bits per heavy atom. The number of fused-ring (bicyclic) bond motifs is 1. The summed E-state index contributed by atoms with van der Waals surface area (Å²) in [5, 5.41) is 18.8. The Morgan fingerprint density at radius 1 is 0.808 bits per heavy atom. The number of carboxylic acid groups (broad SMARTS) is 2. The highest BCUT2D eigenvalue weighted by molar-refractivity contribution is 6.02. The maximum absolute atomic E-state index is 12.1. The van der Waals surface area contributed by atoms with Crippen LogP contribution < -0.4 is 0 Å². The molecule has 2 rings (SSSR count). The van der Waals surface area contributed by atoms with E-state index in [2.05, 4.69) is 13.2 Å². The molecule has 2 aliphatic heterocycles. The van der Waals surface area contributed by atoms with Crippen molar-refractivity contribution in [1.29, 1.82) is 0 Å². The highest BCUT2D eigenvalue weighted by Crippen LogP contribution is 2.33. The van der Waals surface area contributed by atoms with E-state index in [-0.39, 0.29) is 24.4 Å².